The van der Waals surface area contributed by atoms with Crippen LogP contribution >= 0.6 is 0 Å². The maximum atomic E-state index is 5.45. The first-order valence-corrected chi connectivity index (χ1v) is 9.46. The van der Waals surface area contributed by atoms with Gasteiger partial charge in [-0.25, -0.2) is 4.98 Å². The van der Waals surface area contributed by atoms with Crippen molar-refractivity contribution in [3.8, 4) is 11.3 Å². The van der Waals surface area contributed by atoms with Crippen LogP contribution in [-0.2, 0) is 11.3 Å². The molecule has 2 aromatic heterocycles. The fourth-order valence-corrected chi connectivity index (χ4v) is 3.37. The highest BCUT2D eigenvalue weighted by molar-refractivity contribution is 5.93. The number of nitrogens with one attached hydrogen (secondary N) is 3. The Morgan fingerprint density at radius 1 is 1.15 bits per heavy atom. The molecule has 1 saturated heterocycles. The summed E-state index contributed by atoms with van der Waals surface area (Å²) in [6.07, 6.45) is 1.86. The highest BCUT2D eigenvalue weighted by Crippen LogP contribution is 2.29. The van der Waals surface area contributed by atoms with Crippen LogP contribution in [0.2, 0.25) is 0 Å². The number of benzene rings is 1. The standard InChI is InChI=1S/C20H26N6O/c1-21-6-7-22-14-15-2-3-18-17(12-15)20(25-24-18)16-4-5-23-19(13-16)26-8-10-27-11-9-26/h2-5,12-13,21-22H,6-11,14H2,1H3,(H,24,25). The zero-order valence-electron chi connectivity index (χ0n) is 15.7. The Labute approximate surface area is 159 Å². The lowest BCUT2D eigenvalue weighted by Crippen LogP contribution is -2.36. The first-order valence-electron chi connectivity index (χ1n) is 9.46. The van der Waals surface area contributed by atoms with E-state index in [0.717, 1.165) is 73.9 Å². The van der Waals surface area contributed by atoms with Gasteiger partial charge in [0, 0.05) is 49.9 Å². The third-order valence-corrected chi connectivity index (χ3v) is 4.86. The number of morpholine rings is 1. The normalized spacial score (nSPS) is 14.8. The van der Waals surface area contributed by atoms with E-state index >= 15 is 0 Å². The molecule has 0 atom stereocenters. The second-order valence-corrected chi connectivity index (χ2v) is 6.73. The van der Waals surface area contributed by atoms with Gasteiger partial charge < -0.3 is 20.3 Å². The van der Waals surface area contributed by atoms with Gasteiger partial charge >= 0.3 is 0 Å². The van der Waals surface area contributed by atoms with E-state index in [9.17, 15) is 0 Å². The van der Waals surface area contributed by atoms with Gasteiger partial charge in [0.25, 0.3) is 0 Å². The Kier molecular flexibility index (Phi) is 5.62. The molecule has 3 aromatic rings. The number of nitrogens with zero attached hydrogens (tertiary/aromatic N) is 3. The summed E-state index contributed by atoms with van der Waals surface area (Å²) in [4.78, 5) is 6.81. The Morgan fingerprint density at radius 2 is 2.04 bits per heavy atom. The molecule has 0 unspecified atom stereocenters. The number of fused-ring (bicyclic) bond motifs is 1. The molecule has 3 heterocycles. The Hall–Kier alpha value is -2.48. The molecule has 0 spiro atoms. The van der Waals surface area contributed by atoms with Crippen molar-refractivity contribution < 1.29 is 4.74 Å². The summed E-state index contributed by atoms with van der Waals surface area (Å²) in [7, 11) is 1.96. The highest BCUT2D eigenvalue weighted by atomic mass is 16.5. The van der Waals surface area contributed by atoms with E-state index in [1.807, 2.05) is 19.3 Å². The number of hydrogen-bond donors (Lipinski definition) is 3. The summed E-state index contributed by atoms with van der Waals surface area (Å²) in [6.45, 7) is 6.00. The summed E-state index contributed by atoms with van der Waals surface area (Å²) in [5, 5.41) is 15.5. The number of ether oxygens (including phenoxy) is 1. The van der Waals surface area contributed by atoms with Crippen molar-refractivity contribution in [3.05, 3.63) is 42.1 Å². The van der Waals surface area contributed by atoms with E-state index in [2.05, 4.69) is 55.0 Å². The molecule has 0 bridgehead atoms. The quantitative estimate of drug-likeness (QED) is 0.553. The number of likely N-dealkylation sites (N-methyl/N-ethyl adjacent to an activating group) is 1. The average Bonchev–Trinajstić information content (AvgIpc) is 3.15. The second kappa shape index (κ2) is 8.47. The van der Waals surface area contributed by atoms with Crippen LogP contribution in [0.3, 0.4) is 0 Å². The van der Waals surface area contributed by atoms with Crippen molar-refractivity contribution >= 4 is 16.7 Å². The number of anilines is 1. The molecule has 0 saturated carbocycles. The third-order valence-electron chi connectivity index (χ3n) is 4.86. The van der Waals surface area contributed by atoms with Gasteiger partial charge in [0.15, 0.2) is 0 Å². The van der Waals surface area contributed by atoms with Gasteiger partial charge in [-0.1, -0.05) is 6.07 Å². The summed E-state index contributed by atoms with van der Waals surface area (Å²) in [6, 6.07) is 10.6. The van der Waals surface area contributed by atoms with Crippen molar-refractivity contribution in [1.82, 2.24) is 25.8 Å². The maximum Gasteiger partial charge on any atom is 0.129 e. The number of rotatable bonds is 7. The second-order valence-electron chi connectivity index (χ2n) is 6.73. The van der Waals surface area contributed by atoms with Gasteiger partial charge in [-0.3, -0.25) is 5.10 Å². The number of aromatic nitrogens is 3. The lowest BCUT2D eigenvalue weighted by atomic mass is 10.1. The largest absolute Gasteiger partial charge is 0.378 e. The predicted molar refractivity (Wildman–Crippen MR) is 108 cm³/mol. The fourth-order valence-electron chi connectivity index (χ4n) is 3.37. The number of hydrogen-bond acceptors (Lipinski definition) is 6. The predicted octanol–water partition coefficient (Wildman–Crippen LogP) is 1.77. The molecular formula is C20H26N6O. The van der Waals surface area contributed by atoms with Gasteiger partial charge in [0.05, 0.1) is 18.7 Å². The molecular weight excluding hydrogens is 340 g/mol. The van der Waals surface area contributed by atoms with Crippen molar-refractivity contribution in [2.24, 2.45) is 0 Å². The van der Waals surface area contributed by atoms with E-state index in [1.165, 1.54) is 5.56 Å². The zero-order chi connectivity index (χ0) is 18.5. The van der Waals surface area contributed by atoms with Crippen LogP contribution in [0.4, 0.5) is 5.82 Å². The van der Waals surface area contributed by atoms with Crippen LogP contribution < -0.4 is 15.5 Å². The number of H-pyrrole nitrogens is 1. The number of aromatic amines is 1. The molecule has 1 aromatic carbocycles. The molecule has 1 aliphatic rings. The van der Waals surface area contributed by atoms with Crippen LogP contribution in [0, 0.1) is 0 Å². The minimum atomic E-state index is 0.751. The smallest absolute Gasteiger partial charge is 0.129 e. The average molecular weight is 366 g/mol. The summed E-state index contributed by atoms with van der Waals surface area (Å²) < 4.78 is 5.45. The molecule has 0 amide bonds. The minimum absolute atomic E-state index is 0.751. The van der Waals surface area contributed by atoms with Crippen molar-refractivity contribution in [3.63, 3.8) is 0 Å². The summed E-state index contributed by atoms with van der Waals surface area (Å²) >= 11 is 0. The van der Waals surface area contributed by atoms with Gasteiger partial charge in [-0.15, -0.1) is 0 Å². The zero-order valence-corrected chi connectivity index (χ0v) is 15.7. The highest BCUT2D eigenvalue weighted by Gasteiger charge is 2.15. The molecule has 7 nitrogen and oxygen atoms in total. The summed E-state index contributed by atoms with van der Waals surface area (Å²) in [5.74, 6) is 0.983. The van der Waals surface area contributed by atoms with Crippen LogP contribution in [-0.4, -0.2) is 61.6 Å². The fraction of sp³-hybridized carbons (Fsp3) is 0.400. The van der Waals surface area contributed by atoms with Gasteiger partial charge in [0.2, 0.25) is 0 Å². The van der Waals surface area contributed by atoms with Crippen LogP contribution in [0.25, 0.3) is 22.2 Å². The number of pyridine rings is 1. The van der Waals surface area contributed by atoms with Gasteiger partial charge in [-0.2, -0.15) is 5.10 Å². The monoisotopic (exact) mass is 366 g/mol. The van der Waals surface area contributed by atoms with E-state index < -0.39 is 0 Å². The van der Waals surface area contributed by atoms with Crippen LogP contribution in [0.1, 0.15) is 5.56 Å². The molecule has 142 valence electrons. The SMILES string of the molecule is CNCCNCc1ccc2[nH]nc(-c3ccnc(N4CCOCC4)c3)c2c1. The van der Waals surface area contributed by atoms with E-state index in [4.69, 9.17) is 4.74 Å². The molecule has 3 N–H and O–H groups in total. The maximum absolute atomic E-state index is 5.45. The first kappa shape index (κ1) is 17.9. The van der Waals surface area contributed by atoms with Crippen LogP contribution in [0.15, 0.2) is 36.5 Å². The molecule has 0 aliphatic carbocycles. The Balaban J connectivity index is 1.59. The molecule has 7 heteroatoms. The molecule has 27 heavy (non-hydrogen) atoms. The molecule has 0 radical (unpaired) electrons. The van der Waals surface area contributed by atoms with Crippen molar-refractivity contribution in [1.29, 1.82) is 0 Å². The van der Waals surface area contributed by atoms with Crippen LogP contribution in [0.5, 0.6) is 0 Å². The van der Waals surface area contributed by atoms with E-state index in [-0.39, 0.29) is 0 Å². The molecule has 1 aliphatic heterocycles. The first-order chi connectivity index (χ1) is 13.3. The summed E-state index contributed by atoms with van der Waals surface area (Å²) in [5.41, 5.74) is 4.36. The van der Waals surface area contributed by atoms with Crippen molar-refractivity contribution in [2.75, 3.05) is 51.3 Å². The lowest BCUT2D eigenvalue weighted by Gasteiger charge is -2.27. The van der Waals surface area contributed by atoms with Gasteiger partial charge in [0.1, 0.15) is 11.5 Å². The Morgan fingerprint density at radius 3 is 2.89 bits per heavy atom. The van der Waals surface area contributed by atoms with Gasteiger partial charge in [-0.05, 0) is 36.9 Å². The topological polar surface area (TPSA) is 78.1 Å². The Bertz CT molecular complexity index is 887. The molecule has 4 rings (SSSR count). The van der Waals surface area contributed by atoms with Crippen molar-refractivity contribution in [2.45, 2.75) is 6.54 Å². The van der Waals surface area contributed by atoms with E-state index in [1.54, 1.807) is 0 Å². The van der Waals surface area contributed by atoms with E-state index in [0.29, 0.717) is 0 Å². The third kappa shape index (κ3) is 4.10. The molecule has 1 fully saturated rings. The minimum Gasteiger partial charge on any atom is -0.378 e. The lowest BCUT2D eigenvalue weighted by molar-refractivity contribution is 0.122.